The summed E-state index contributed by atoms with van der Waals surface area (Å²) >= 11 is 0. The molecule has 0 atom stereocenters. The van der Waals surface area contributed by atoms with Crippen LogP contribution in [0, 0.1) is 0 Å². The Balaban J connectivity index is -0.000000141. The number of aliphatic imine (C=N–C) groups is 1. The minimum atomic E-state index is -6.09. The molecule has 0 aliphatic heterocycles. The van der Waals surface area contributed by atoms with Crippen molar-refractivity contribution in [3.63, 3.8) is 0 Å². The van der Waals surface area contributed by atoms with Crippen molar-refractivity contribution in [2.75, 3.05) is 70.5 Å². The summed E-state index contributed by atoms with van der Waals surface area (Å²) < 4.78 is 117. The molecule has 41 heavy (non-hydrogen) atoms. The summed E-state index contributed by atoms with van der Waals surface area (Å²) in [6.45, 7) is 8.53. The average molecular weight is 659 g/mol. The fourth-order valence-electron chi connectivity index (χ4n) is 2.22. The molecule has 0 unspecified atom stereocenters. The molecular formula is C21H48F6N6O6S2. The lowest BCUT2D eigenvalue weighted by Gasteiger charge is -2.24. The largest absolute Gasteiger partial charge is 0.741 e. The van der Waals surface area contributed by atoms with E-state index in [-0.39, 0.29) is 7.43 Å². The third kappa shape index (κ3) is 22.2. The zero-order valence-electron chi connectivity index (χ0n) is 25.4. The Morgan fingerprint density at radius 3 is 1.15 bits per heavy atom. The van der Waals surface area contributed by atoms with E-state index in [0.717, 1.165) is 5.96 Å². The Bertz CT molecular complexity index is 981. The van der Waals surface area contributed by atoms with Gasteiger partial charge in [0.15, 0.2) is 16.1 Å². The summed E-state index contributed by atoms with van der Waals surface area (Å²) in [4.78, 5) is 12.8. The van der Waals surface area contributed by atoms with E-state index in [9.17, 15) is 34.8 Å². The van der Waals surface area contributed by atoms with Gasteiger partial charge in [-0.3, -0.25) is 23.6 Å². The smallest absolute Gasteiger partial charge is 0.523 e. The lowest BCUT2D eigenvalue weighted by atomic mass is 10.3. The van der Waals surface area contributed by atoms with Crippen LogP contribution in [0.25, 0.3) is 0 Å². The Morgan fingerprint density at radius 2 is 1.10 bits per heavy atom. The molecule has 0 rings (SSSR count). The van der Waals surface area contributed by atoms with Gasteiger partial charge in [-0.1, -0.05) is 7.43 Å². The Kier molecular flexibility index (Phi) is 23.7. The van der Waals surface area contributed by atoms with Gasteiger partial charge in [0.1, 0.15) is 0 Å². The first-order valence-corrected chi connectivity index (χ1v) is 14.0. The molecule has 0 aromatic heterocycles. The number of alkyl halides is 6. The van der Waals surface area contributed by atoms with Crippen LogP contribution >= 0.6 is 0 Å². The van der Waals surface area contributed by atoms with Gasteiger partial charge in [-0.15, -0.1) is 0 Å². The second-order valence-corrected chi connectivity index (χ2v) is 12.1. The number of guanidine groups is 2. The van der Waals surface area contributed by atoms with Crippen LogP contribution < -0.4 is 0 Å². The van der Waals surface area contributed by atoms with Crippen molar-refractivity contribution in [2.45, 2.75) is 58.2 Å². The molecule has 0 heterocycles. The lowest BCUT2D eigenvalue weighted by Crippen LogP contribution is -2.46. The van der Waals surface area contributed by atoms with E-state index in [4.69, 9.17) is 13.0 Å². The second kappa shape index (κ2) is 20.0. The molecule has 0 N–H and O–H groups in total. The lowest BCUT2D eigenvalue weighted by molar-refractivity contribution is -0.476. The molecule has 0 amide bonds. The van der Waals surface area contributed by atoms with Crippen molar-refractivity contribution in [3.8, 4) is 0 Å². The Labute approximate surface area is 242 Å². The molecular weight excluding hydrogens is 610 g/mol. The standard InChI is InChI=1S/C9H22N3.C8H19N3.C2H3F3O3S.CHF3O3S.CH4/c1-8(2)12(7)9(10(3)4)11(5)6;1-7(2)9-8(10(3)4)11(5)6;1-8-9(6,7)2(3,4)5;2-1(3,4)8(5,6)7;/h8H,1-7H3;7H,1-6H3;1H3;(H,5,6,7);1H4/q+1;;;;/p-1. The summed E-state index contributed by atoms with van der Waals surface area (Å²) in [5.74, 6) is 2.24. The van der Waals surface area contributed by atoms with Crippen molar-refractivity contribution < 1.29 is 56.5 Å². The number of hydrogen-bond donors (Lipinski definition) is 0. The number of hydrogen-bond acceptors (Lipinski definition) is 7. The van der Waals surface area contributed by atoms with Crippen LogP contribution in [-0.4, -0.2) is 151 Å². The van der Waals surface area contributed by atoms with E-state index in [2.05, 4.69) is 86.5 Å². The van der Waals surface area contributed by atoms with Gasteiger partial charge in [0.05, 0.1) is 48.4 Å². The fourth-order valence-corrected chi connectivity index (χ4v) is 2.41. The SMILES string of the molecule is C.CC(C)N(C)C(N(C)C)=[N+](C)C.CC(C)N=C(N(C)C)N(C)C.COS(=O)(=O)C(F)(F)F.O=S(=O)([O-])C(F)(F)F. The molecule has 0 spiro atoms. The van der Waals surface area contributed by atoms with Crippen LogP contribution in [-0.2, 0) is 24.4 Å². The molecule has 12 nitrogen and oxygen atoms in total. The highest BCUT2D eigenvalue weighted by Gasteiger charge is 2.46. The van der Waals surface area contributed by atoms with E-state index >= 15 is 0 Å². The number of halogens is 6. The minimum Gasteiger partial charge on any atom is -0.741 e. The summed E-state index contributed by atoms with van der Waals surface area (Å²) in [6, 6.07) is 0.889. The van der Waals surface area contributed by atoms with Gasteiger partial charge in [0, 0.05) is 34.2 Å². The first-order valence-electron chi connectivity index (χ1n) is 11.1. The molecule has 0 radical (unpaired) electrons. The van der Waals surface area contributed by atoms with E-state index in [1.54, 1.807) is 0 Å². The van der Waals surface area contributed by atoms with Gasteiger partial charge >= 0.3 is 27.1 Å². The maximum Gasteiger partial charge on any atom is 0.523 e. The van der Waals surface area contributed by atoms with Gasteiger partial charge < -0.3 is 14.4 Å². The predicted molar refractivity (Wildman–Crippen MR) is 148 cm³/mol. The summed E-state index contributed by atoms with van der Waals surface area (Å²) in [5, 5.41) is 0. The van der Waals surface area contributed by atoms with Crippen LogP contribution in [0.2, 0.25) is 0 Å². The van der Waals surface area contributed by atoms with Gasteiger partial charge in [-0.25, -0.2) is 8.42 Å². The molecule has 0 bridgehead atoms. The molecule has 252 valence electrons. The van der Waals surface area contributed by atoms with Crippen molar-refractivity contribution >= 4 is 32.2 Å². The van der Waals surface area contributed by atoms with Crippen LogP contribution in [0.15, 0.2) is 4.99 Å². The number of nitrogens with zero attached hydrogens (tertiary/aromatic N) is 6. The zero-order valence-corrected chi connectivity index (χ0v) is 27.0. The maximum atomic E-state index is 11.1. The monoisotopic (exact) mass is 658 g/mol. The molecule has 0 aromatic carbocycles. The Hall–Kier alpha value is -2.06. The van der Waals surface area contributed by atoms with E-state index in [1.165, 1.54) is 5.96 Å². The quantitative estimate of drug-likeness (QED) is 0.0849. The van der Waals surface area contributed by atoms with Crippen LogP contribution in [0.1, 0.15) is 35.1 Å². The highest BCUT2D eigenvalue weighted by Crippen LogP contribution is 2.23. The normalized spacial score (nSPS) is 11.3. The molecule has 0 saturated carbocycles. The summed E-state index contributed by atoms with van der Waals surface area (Å²) in [6.07, 6.45) is 0. The Morgan fingerprint density at radius 1 is 0.780 bits per heavy atom. The third-order valence-electron chi connectivity index (χ3n) is 3.85. The third-order valence-corrected chi connectivity index (χ3v) is 5.42. The number of rotatable bonds is 3. The van der Waals surface area contributed by atoms with Crippen LogP contribution in [0.5, 0.6) is 0 Å². The van der Waals surface area contributed by atoms with Crippen LogP contribution in [0.3, 0.4) is 0 Å². The molecule has 20 heteroatoms. The predicted octanol–water partition coefficient (Wildman–Crippen LogP) is 2.56. The summed E-state index contributed by atoms with van der Waals surface area (Å²) in [7, 11) is 7.39. The van der Waals surface area contributed by atoms with Gasteiger partial charge in [-0.05, 0) is 27.7 Å². The van der Waals surface area contributed by atoms with Crippen molar-refractivity contribution in [1.82, 2.24) is 19.6 Å². The first-order chi connectivity index (χ1) is 17.4. The van der Waals surface area contributed by atoms with Crippen molar-refractivity contribution in [1.29, 1.82) is 0 Å². The highest BCUT2D eigenvalue weighted by atomic mass is 32.2. The highest BCUT2D eigenvalue weighted by molar-refractivity contribution is 7.87. The van der Waals surface area contributed by atoms with Gasteiger partial charge in [0.2, 0.25) is 0 Å². The summed E-state index contributed by atoms with van der Waals surface area (Å²) in [5.41, 5.74) is -10.9. The topological polar surface area (TPSA) is 129 Å². The van der Waals surface area contributed by atoms with E-state index in [1.807, 2.05) is 38.0 Å². The van der Waals surface area contributed by atoms with Gasteiger partial charge in [-0.2, -0.15) is 34.8 Å². The molecule has 0 saturated heterocycles. The molecule has 0 aliphatic carbocycles. The van der Waals surface area contributed by atoms with Crippen molar-refractivity contribution in [3.05, 3.63) is 0 Å². The van der Waals surface area contributed by atoms with Crippen molar-refractivity contribution in [2.24, 2.45) is 4.99 Å². The molecule has 0 aliphatic rings. The van der Waals surface area contributed by atoms with Gasteiger partial charge in [0.25, 0.3) is 0 Å². The van der Waals surface area contributed by atoms with E-state index < -0.39 is 31.3 Å². The van der Waals surface area contributed by atoms with Crippen LogP contribution in [0.4, 0.5) is 26.3 Å². The minimum absolute atomic E-state index is 0. The average Bonchev–Trinajstić information content (AvgIpc) is 2.70. The first kappa shape index (κ1) is 48.7. The molecule has 0 aromatic rings. The second-order valence-electron chi connectivity index (χ2n) is 9.07. The maximum absolute atomic E-state index is 11.1. The molecule has 0 fully saturated rings. The fraction of sp³-hybridized carbons (Fsp3) is 0.905. The zero-order chi connectivity index (χ0) is 33.6. The van der Waals surface area contributed by atoms with E-state index in [0.29, 0.717) is 19.2 Å².